The zero-order chi connectivity index (χ0) is 30.8. The molecule has 1 aliphatic heterocycles. The van der Waals surface area contributed by atoms with Gasteiger partial charge in [0.2, 0.25) is 5.95 Å². The highest BCUT2D eigenvalue weighted by molar-refractivity contribution is 8.15. The molecule has 1 aliphatic rings. The minimum Gasteiger partial charge on any atom is -0.495 e. The quantitative estimate of drug-likeness (QED) is 0.104. The van der Waals surface area contributed by atoms with Gasteiger partial charge in [-0.15, -0.1) is 0 Å². The van der Waals surface area contributed by atoms with Crippen molar-refractivity contribution in [1.29, 1.82) is 0 Å². The first-order valence-corrected chi connectivity index (χ1v) is 17.0. The number of aromatic nitrogens is 2. The Kier molecular flexibility index (Phi) is 11.6. The molecule has 2 aromatic carbocycles. The van der Waals surface area contributed by atoms with Crippen LogP contribution in [0.5, 0.6) is 11.5 Å². The highest BCUT2D eigenvalue weighted by Crippen LogP contribution is 2.33. The van der Waals surface area contributed by atoms with Crippen LogP contribution in [0.3, 0.4) is 0 Å². The maximum absolute atomic E-state index is 12.4. The molecule has 2 heterocycles. The first-order chi connectivity index (χ1) is 20.7. The smallest absolute Gasteiger partial charge is 0.229 e. The lowest BCUT2D eigenvalue weighted by Crippen LogP contribution is -2.44. The molecule has 4 rings (SSSR count). The Balaban J connectivity index is 1.41. The molecular weight excluding hydrogens is 590 g/mol. The van der Waals surface area contributed by atoms with Crippen molar-refractivity contribution < 1.29 is 18.5 Å². The Labute approximate surface area is 259 Å². The van der Waals surface area contributed by atoms with Gasteiger partial charge in [0.1, 0.15) is 16.5 Å². The van der Waals surface area contributed by atoms with E-state index in [1.807, 2.05) is 18.2 Å². The standard InChI is InChI=1S/C30H42ClN7O4S/c1-5-38(22-13-16-37(2)17-14-22)15-8-18-42-23-11-12-28(41-3)27(19-23)34-30-32-20-24(31)29(35-30)33-25-9-6-7-10-26(25)36-43(4,40)21-39/h6-7,9-12,19-22,43H,5,8,13-18H2,1-4H3,(H,36,40)(H2,32,33,34,35). The topological polar surface area (TPSA) is 121 Å². The molecule has 43 heavy (non-hydrogen) atoms. The van der Waals surface area contributed by atoms with Crippen molar-refractivity contribution in [3.63, 3.8) is 0 Å². The lowest BCUT2D eigenvalue weighted by atomic mass is 10.0. The molecule has 0 unspecified atom stereocenters. The van der Waals surface area contributed by atoms with Crippen LogP contribution in [0.15, 0.2) is 48.7 Å². The number of nitrogens with zero attached hydrogens (tertiary/aromatic N) is 4. The van der Waals surface area contributed by atoms with Crippen molar-refractivity contribution in [2.75, 3.05) is 68.6 Å². The van der Waals surface area contributed by atoms with Crippen LogP contribution in [0.2, 0.25) is 5.02 Å². The van der Waals surface area contributed by atoms with Crippen molar-refractivity contribution in [2.45, 2.75) is 32.2 Å². The largest absolute Gasteiger partial charge is 0.495 e. The summed E-state index contributed by atoms with van der Waals surface area (Å²) >= 11 is 6.41. The van der Waals surface area contributed by atoms with Gasteiger partial charge in [-0.3, -0.25) is 9.00 Å². The summed E-state index contributed by atoms with van der Waals surface area (Å²) in [6.45, 7) is 7.19. The average molecular weight is 632 g/mol. The van der Waals surface area contributed by atoms with E-state index in [2.05, 4.69) is 49.1 Å². The first-order valence-electron chi connectivity index (χ1n) is 14.4. The second kappa shape index (κ2) is 15.3. The maximum Gasteiger partial charge on any atom is 0.229 e. The zero-order valence-corrected chi connectivity index (χ0v) is 26.8. The van der Waals surface area contributed by atoms with E-state index >= 15 is 0 Å². The summed E-state index contributed by atoms with van der Waals surface area (Å²) in [7, 11) is 0.570. The molecule has 1 fully saturated rings. The minimum absolute atomic E-state index is 0.276. The number of carbonyl (C=O) groups is 1. The van der Waals surface area contributed by atoms with Crippen LogP contribution in [0.4, 0.5) is 28.8 Å². The summed E-state index contributed by atoms with van der Waals surface area (Å²) < 4.78 is 26.8. The van der Waals surface area contributed by atoms with Crippen molar-refractivity contribution in [3.05, 3.63) is 53.7 Å². The number of hydrogen-bond donors (Lipinski definition) is 4. The molecule has 3 N–H and O–H groups in total. The zero-order valence-electron chi connectivity index (χ0n) is 25.2. The number of ether oxygens (including phenoxy) is 2. The lowest BCUT2D eigenvalue weighted by molar-refractivity contribution is 0.119. The molecule has 0 spiro atoms. The summed E-state index contributed by atoms with van der Waals surface area (Å²) in [4.78, 5) is 25.0. The van der Waals surface area contributed by atoms with Crippen LogP contribution in [0.25, 0.3) is 0 Å². The number of likely N-dealkylation sites (tertiary alicyclic amines) is 1. The van der Waals surface area contributed by atoms with Gasteiger partial charge in [0.25, 0.3) is 0 Å². The van der Waals surface area contributed by atoms with Crippen LogP contribution in [0, 0.1) is 0 Å². The Morgan fingerprint density at radius 2 is 1.88 bits per heavy atom. The Hall–Kier alpha value is -3.45. The fourth-order valence-electron chi connectivity index (χ4n) is 5.01. The normalized spacial score (nSPS) is 14.7. The van der Waals surface area contributed by atoms with Crippen LogP contribution in [-0.4, -0.2) is 88.8 Å². The number of thiol groups is 1. The summed E-state index contributed by atoms with van der Waals surface area (Å²) in [6, 6.07) is 13.3. The van der Waals surface area contributed by atoms with Crippen LogP contribution < -0.4 is 24.8 Å². The first kappa shape index (κ1) is 32.5. The van der Waals surface area contributed by atoms with Crippen LogP contribution in [-0.2, 0) is 14.9 Å². The highest BCUT2D eigenvalue weighted by Gasteiger charge is 2.21. The van der Waals surface area contributed by atoms with Gasteiger partial charge in [0, 0.05) is 35.0 Å². The highest BCUT2D eigenvalue weighted by atomic mass is 35.5. The second-order valence-electron chi connectivity index (χ2n) is 10.6. The number of rotatable bonds is 15. The van der Waals surface area contributed by atoms with Gasteiger partial charge >= 0.3 is 0 Å². The van der Waals surface area contributed by atoms with Gasteiger partial charge in [0.15, 0.2) is 11.4 Å². The third-order valence-electron chi connectivity index (χ3n) is 7.35. The van der Waals surface area contributed by atoms with Crippen molar-refractivity contribution >= 4 is 56.2 Å². The van der Waals surface area contributed by atoms with E-state index in [0.717, 1.165) is 32.6 Å². The number of nitrogens with one attached hydrogen (secondary N) is 3. The number of methoxy groups -OCH3 is 1. The fraction of sp³-hybridized carbons (Fsp3) is 0.433. The van der Waals surface area contributed by atoms with Gasteiger partial charge < -0.3 is 34.6 Å². The monoisotopic (exact) mass is 631 g/mol. The van der Waals surface area contributed by atoms with E-state index in [1.54, 1.807) is 31.4 Å². The predicted molar refractivity (Wildman–Crippen MR) is 177 cm³/mol. The molecule has 1 saturated heterocycles. The molecule has 0 radical (unpaired) electrons. The number of benzene rings is 2. The van der Waals surface area contributed by atoms with Crippen LogP contribution in [0.1, 0.15) is 26.2 Å². The second-order valence-corrected chi connectivity index (χ2v) is 13.4. The van der Waals surface area contributed by atoms with Crippen molar-refractivity contribution in [1.82, 2.24) is 19.8 Å². The fourth-order valence-corrected chi connectivity index (χ4v) is 5.87. The minimum atomic E-state index is -3.21. The Morgan fingerprint density at radius 3 is 2.58 bits per heavy atom. The molecule has 13 heteroatoms. The van der Waals surface area contributed by atoms with E-state index in [9.17, 15) is 9.00 Å². The number of halogens is 1. The van der Waals surface area contributed by atoms with E-state index in [-0.39, 0.29) is 11.0 Å². The number of piperidine rings is 1. The lowest BCUT2D eigenvalue weighted by Gasteiger charge is -2.36. The number of carbonyl (C=O) groups excluding carboxylic acids is 1. The SMILES string of the molecule is CCN(CCCOc1ccc(OC)c(Nc2ncc(Cl)c(Nc3ccccc3N[SH](C)(=O)C=O)n2)c1)C1CCN(C)CC1. The van der Waals surface area contributed by atoms with E-state index in [1.165, 1.54) is 25.3 Å². The molecule has 3 aromatic rings. The van der Waals surface area contributed by atoms with Gasteiger partial charge in [-0.05, 0) is 70.2 Å². The third kappa shape index (κ3) is 9.27. The number of para-hydroxylation sites is 2. The van der Waals surface area contributed by atoms with Gasteiger partial charge in [-0.1, -0.05) is 30.7 Å². The van der Waals surface area contributed by atoms with Crippen molar-refractivity contribution in [3.8, 4) is 11.5 Å². The molecule has 0 aliphatic carbocycles. The summed E-state index contributed by atoms with van der Waals surface area (Å²) in [6.07, 6.45) is 6.20. The number of anilines is 5. The summed E-state index contributed by atoms with van der Waals surface area (Å²) in [5, 5.41) is 6.62. The van der Waals surface area contributed by atoms with Gasteiger partial charge in [0.05, 0.1) is 37.0 Å². The van der Waals surface area contributed by atoms with Crippen molar-refractivity contribution in [2.24, 2.45) is 0 Å². The summed E-state index contributed by atoms with van der Waals surface area (Å²) in [5.74, 6) is 1.90. The van der Waals surface area contributed by atoms with E-state index in [0.29, 0.717) is 52.6 Å². The van der Waals surface area contributed by atoms with Crippen LogP contribution >= 0.6 is 11.6 Å². The molecule has 0 amide bonds. The van der Waals surface area contributed by atoms with Gasteiger partial charge in [-0.25, -0.2) is 4.98 Å². The molecule has 0 bridgehead atoms. The molecule has 234 valence electrons. The molecule has 0 atom stereocenters. The molecular formula is C30H42ClN7O4S. The predicted octanol–water partition coefficient (Wildman–Crippen LogP) is 4.97. The summed E-state index contributed by atoms with van der Waals surface area (Å²) in [5.41, 5.74) is 2.08. The molecule has 11 nitrogen and oxygen atoms in total. The van der Waals surface area contributed by atoms with E-state index in [4.69, 9.17) is 21.1 Å². The molecule has 1 aromatic heterocycles. The maximum atomic E-state index is 12.4. The van der Waals surface area contributed by atoms with Gasteiger partial charge in [-0.2, -0.15) is 4.98 Å². The Bertz CT molecular complexity index is 1420. The number of hydrogen-bond acceptors (Lipinski definition) is 10. The van der Waals surface area contributed by atoms with E-state index < -0.39 is 10.1 Å². The molecule has 0 saturated carbocycles. The Morgan fingerprint density at radius 1 is 1.14 bits per heavy atom. The average Bonchev–Trinajstić information content (AvgIpc) is 3.00. The third-order valence-corrected chi connectivity index (χ3v) is 8.72.